The lowest BCUT2D eigenvalue weighted by atomic mass is 10.2. The van der Waals surface area contributed by atoms with Crippen molar-refractivity contribution in [3.8, 4) is 0 Å². The highest BCUT2D eigenvalue weighted by Gasteiger charge is 2.28. The number of rotatable bonds is 2. The number of carbonyl (C=O) groups is 1. The van der Waals surface area contributed by atoms with Crippen molar-refractivity contribution in [2.24, 2.45) is 4.99 Å². The van der Waals surface area contributed by atoms with Gasteiger partial charge in [-0.3, -0.25) is 4.79 Å². The Morgan fingerprint density at radius 1 is 0.962 bits per heavy atom. The molecule has 26 heavy (non-hydrogen) atoms. The van der Waals surface area contributed by atoms with Gasteiger partial charge in [-0.25, -0.2) is 0 Å². The van der Waals surface area contributed by atoms with E-state index >= 15 is 0 Å². The Morgan fingerprint density at radius 3 is 2.42 bits per heavy atom. The van der Waals surface area contributed by atoms with E-state index in [1.165, 1.54) is 23.0 Å². The maximum absolute atomic E-state index is 12.2. The maximum atomic E-state index is 12.2. The van der Waals surface area contributed by atoms with Crippen LogP contribution in [-0.4, -0.2) is 42.2 Å². The molecule has 1 saturated heterocycles. The quantitative estimate of drug-likeness (QED) is 0.761. The number of aryl methyl sites for hydroxylation is 1. The van der Waals surface area contributed by atoms with Crippen molar-refractivity contribution >= 4 is 34.6 Å². The first kappa shape index (κ1) is 16.9. The fraction of sp³-hybridized carbons (Fsp3) is 0.238. The Bertz CT molecular complexity index is 868. The minimum absolute atomic E-state index is 0.130. The molecule has 0 aromatic heterocycles. The van der Waals surface area contributed by atoms with Gasteiger partial charge in [0, 0.05) is 31.9 Å². The smallest absolute Gasteiger partial charge is 0.286 e. The molecule has 4 rings (SSSR count). The van der Waals surface area contributed by atoms with E-state index in [2.05, 4.69) is 46.0 Å². The van der Waals surface area contributed by atoms with E-state index in [1.54, 1.807) is 0 Å². The minimum Gasteiger partial charge on any atom is -0.368 e. The highest BCUT2D eigenvalue weighted by Crippen LogP contribution is 2.31. The van der Waals surface area contributed by atoms with Crippen molar-refractivity contribution in [3.05, 3.63) is 70.6 Å². The van der Waals surface area contributed by atoms with Gasteiger partial charge >= 0.3 is 0 Å². The molecule has 0 N–H and O–H groups in total. The average Bonchev–Trinajstić information content (AvgIpc) is 3.03. The molecule has 1 fully saturated rings. The van der Waals surface area contributed by atoms with E-state index in [0.717, 1.165) is 36.9 Å². The Balaban J connectivity index is 1.40. The number of anilines is 1. The number of nitrogens with zero attached hydrogens (tertiary/aromatic N) is 3. The van der Waals surface area contributed by atoms with Crippen LogP contribution in [0.1, 0.15) is 11.1 Å². The Morgan fingerprint density at radius 2 is 1.69 bits per heavy atom. The van der Waals surface area contributed by atoms with Gasteiger partial charge in [-0.15, -0.1) is 0 Å². The zero-order chi connectivity index (χ0) is 17.9. The van der Waals surface area contributed by atoms with Crippen LogP contribution in [0.15, 0.2) is 64.5 Å². The predicted octanol–water partition coefficient (Wildman–Crippen LogP) is 3.79. The number of piperazine rings is 1. The fourth-order valence-electron chi connectivity index (χ4n) is 3.21. The monoisotopic (exact) mass is 363 g/mol. The van der Waals surface area contributed by atoms with Crippen LogP contribution in [0.25, 0.3) is 6.08 Å². The van der Waals surface area contributed by atoms with E-state index in [-0.39, 0.29) is 5.91 Å². The van der Waals surface area contributed by atoms with Crippen LogP contribution < -0.4 is 4.90 Å². The van der Waals surface area contributed by atoms with E-state index in [0.29, 0.717) is 4.91 Å². The first-order valence-electron chi connectivity index (χ1n) is 8.83. The van der Waals surface area contributed by atoms with Crippen molar-refractivity contribution in [1.29, 1.82) is 0 Å². The van der Waals surface area contributed by atoms with Gasteiger partial charge in [0.05, 0.1) is 4.91 Å². The standard InChI is InChI=1S/C21H21N3OS/c1-16-6-5-9-18(14-16)23-10-12-24(13-11-23)21-22-20(25)19(26-21)15-17-7-3-2-4-8-17/h2-9,14-15H,10-13H2,1H3/b19-15+. The molecular formula is C21H21N3OS. The predicted molar refractivity (Wildman–Crippen MR) is 109 cm³/mol. The third kappa shape index (κ3) is 3.68. The van der Waals surface area contributed by atoms with Crippen molar-refractivity contribution in [2.75, 3.05) is 31.1 Å². The van der Waals surface area contributed by atoms with Gasteiger partial charge in [0.1, 0.15) is 0 Å². The number of benzene rings is 2. The lowest BCUT2D eigenvalue weighted by Crippen LogP contribution is -2.47. The summed E-state index contributed by atoms with van der Waals surface area (Å²) in [5.74, 6) is -0.130. The van der Waals surface area contributed by atoms with E-state index < -0.39 is 0 Å². The largest absolute Gasteiger partial charge is 0.368 e. The Kier molecular flexibility index (Phi) is 4.80. The van der Waals surface area contributed by atoms with Crippen LogP contribution in [0.2, 0.25) is 0 Å². The van der Waals surface area contributed by atoms with Crippen LogP contribution in [0.3, 0.4) is 0 Å². The summed E-state index contributed by atoms with van der Waals surface area (Å²) < 4.78 is 0. The number of carbonyl (C=O) groups excluding carboxylic acids is 1. The molecule has 0 unspecified atom stereocenters. The first-order chi connectivity index (χ1) is 12.7. The molecule has 2 aromatic rings. The molecule has 2 aliphatic rings. The van der Waals surface area contributed by atoms with E-state index in [1.807, 2.05) is 36.4 Å². The molecule has 0 bridgehead atoms. The second-order valence-electron chi connectivity index (χ2n) is 6.53. The Hall–Kier alpha value is -2.53. The van der Waals surface area contributed by atoms with Crippen LogP contribution in [0.4, 0.5) is 5.69 Å². The van der Waals surface area contributed by atoms with E-state index in [4.69, 9.17) is 0 Å². The third-order valence-corrected chi connectivity index (χ3v) is 5.67. The zero-order valence-electron chi connectivity index (χ0n) is 14.8. The van der Waals surface area contributed by atoms with Gasteiger partial charge in [-0.05, 0) is 48.0 Å². The van der Waals surface area contributed by atoms with Gasteiger partial charge in [0.25, 0.3) is 5.91 Å². The van der Waals surface area contributed by atoms with Crippen molar-refractivity contribution < 1.29 is 4.79 Å². The number of hydrogen-bond donors (Lipinski definition) is 0. The summed E-state index contributed by atoms with van der Waals surface area (Å²) in [6, 6.07) is 18.5. The average molecular weight is 363 g/mol. The lowest BCUT2D eigenvalue weighted by molar-refractivity contribution is -0.113. The molecule has 2 aromatic carbocycles. The lowest BCUT2D eigenvalue weighted by Gasteiger charge is -2.36. The van der Waals surface area contributed by atoms with Crippen molar-refractivity contribution in [1.82, 2.24) is 4.90 Å². The summed E-state index contributed by atoms with van der Waals surface area (Å²) in [7, 11) is 0. The van der Waals surface area contributed by atoms with Crippen LogP contribution in [0.5, 0.6) is 0 Å². The molecule has 0 radical (unpaired) electrons. The summed E-state index contributed by atoms with van der Waals surface area (Å²) in [5.41, 5.74) is 3.58. The molecule has 2 heterocycles. The third-order valence-electron chi connectivity index (χ3n) is 4.62. The number of aliphatic imine (C=N–C) groups is 1. The molecule has 0 aliphatic carbocycles. The summed E-state index contributed by atoms with van der Waals surface area (Å²) in [6.45, 7) is 5.76. The molecule has 132 valence electrons. The number of thioether (sulfide) groups is 1. The summed E-state index contributed by atoms with van der Waals surface area (Å²) in [4.78, 5) is 21.8. The summed E-state index contributed by atoms with van der Waals surface area (Å²) >= 11 is 1.49. The minimum atomic E-state index is -0.130. The first-order valence-corrected chi connectivity index (χ1v) is 9.65. The van der Waals surface area contributed by atoms with Crippen molar-refractivity contribution in [3.63, 3.8) is 0 Å². The van der Waals surface area contributed by atoms with Gasteiger partial charge in [0.2, 0.25) is 0 Å². The number of amidine groups is 1. The molecule has 2 aliphatic heterocycles. The van der Waals surface area contributed by atoms with Gasteiger partial charge in [-0.2, -0.15) is 4.99 Å². The number of amides is 1. The van der Waals surface area contributed by atoms with Gasteiger partial charge in [-0.1, -0.05) is 42.5 Å². The molecular weight excluding hydrogens is 342 g/mol. The summed E-state index contributed by atoms with van der Waals surface area (Å²) in [5, 5.41) is 0.834. The summed E-state index contributed by atoms with van der Waals surface area (Å²) in [6.07, 6.45) is 1.92. The normalized spacial score (nSPS) is 19.2. The van der Waals surface area contributed by atoms with E-state index in [9.17, 15) is 4.79 Å². The van der Waals surface area contributed by atoms with Gasteiger partial charge < -0.3 is 9.80 Å². The van der Waals surface area contributed by atoms with Crippen LogP contribution >= 0.6 is 11.8 Å². The van der Waals surface area contributed by atoms with Crippen LogP contribution in [0, 0.1) is 6.92 Å². The SMILES string of the molecule is Cc1cccc(N2CCN(C3=NC(=O)/C(=C\c4ccccc4)S3)CC2)c1. The molecule has 0 saturated carbocycles. The molecule has 5 heteroatoms. The molecule has 0 atom stereocenters. The maximum Gasteiger partial charge on any atom is 0.286 e. The second-order valence-corrected chi connectivity index (χ2v) is 7.54. The van der Waals surface area contributed by atoms with Crippen LogP contribution in [-0.2, 0) is 4.79 Å². The highest BCUT2D eigenvalue weighted by atomic mass is 32.2. The van der Waals surface area contributed by atoms with Gasteiger partial charge in [0.15, 0.2) is 5.17 Å². The molecule has 4 nitrogen and oxygen atoms in total. The molecule has 1 amide bonds. The van der Waals surface area contributed by atoms with Crippen molar-refractivity contribution in [2.45, 2.75) is 6.92 Å². The second kappa shape index (κ2) is 7.38. The topological polar surface area (TPSA) is 35.9 Å². The Labute approximate surface area is 158 Å². The zero-order valence-corrected chi connectivity index (χ0v) is 15.6. The highest BCUT2D eigenvalue weighted by molar-refractivity contribution is 8.18. The molecule has 0 spiro atoms. The number of hydrogen-bond acceptors (Lipinski definition) is 4. The fourth-order valence-corrected chi connectivity index (χ4v) is 4.18.